The van der Waals surface area contributed by atoms with E-state index in [1.807, 2.05) is 42.6 Å². The Morgan fingerprint density at radius 1 is 1.24 bits per heavy atom. The summed E-state index contributed by atoms with van der Waals surface area (Å²) < 4.78 is 12.5. The van der Waals surface area contributed by atoms with E-state index >= 15 is 0 Å². The van der Waals surface area contributed by atoms with Gasteiger partial charge in [-0.2, -0.15) is 5.10 Å². The van der Waals surface area contributed by atoms with E-state index in [1.165, 1.54) is 0 Å². The molecular weight excluding hydrogens is 392 g/mol. The largest absolute Gasteiger partial charge is 0.493 e. The van der Waals surface area contributed by atoms with Gasteiger partial charge in [0, 0.05) is 11.8 Å². The molecule has 152 valence electrons. The average Bonchev–Trinajstić information content (AvgIpc) is 3.40. The van der Waals surface area contributed by atoms with E-state index in [0.29, 0.717) is 23.7 Å². The maximum absolute atomic E-state index is 12.1. The molecule has 1 amide bonds. The van der Waals surface area contributed by atoms with Crippen LogP contribution in [-0.2, 0) is 16.2 Å². The molecule has 2 aromatic heterocycles. The van der Waals surface area contributed by atoms with Crippen LogP contribution in [-0.4, -0.2) is 42.2 Å². The number of ether oxygens (including phenoxy) is 2. The number of para-hydroxylation sites is 1. The topological polar surface area (TPSA) is 87.0 Å². The number of nitrogens with one attached hydrogen (secondary N) is 1. The number of oxime groups is 1. The summed E-state index contributed by atoms with van der Waals surface area (Å²) in [5.74, 6) is 0.996. The fourth-order valence-corrected chi connectivity index (χ4v) is 3.35. The molecule has 0 aliphatic carbocycles. The summed E-state index contributed by atoms with van der Waals surface area (Å²) in [7, 11) is 3.19. The molecule has 3 aromatic rings. The molecule has 8 nitrogen and oxygen atoms in total. The number of carbonyl (C=O) groups is 1. The standard InChI is InChI=1S/C20H22N4O4S/c1-14(18-8-5-9-29-18)23-28-13-19(25)22-16-10-21-24(12-16)11-15-6-4-7-17(26-2)20(15)27-3/h4-10,12H,11,13H2,1-3H3,(H,22,25). The van der Waals surface area contributed by atoms with Crippen molar-refractivity contribution >= 4 is 28.6 Å². The molecule has 0 saturated carbocycles. The van der Waals surface area contributed by atoms with Gasteiger partial charge in [0.15, 0.2) is 18.1 Å². The average molecular weight is 414 g/mol. The smallest absolute Gasteiger partial charge is 0.265 e. The van der Waals surface area contributed by atoms with E-state index in [1.54, 1.807) is 42.6 Å². The number of thiophene rings is 1. The van der Waals surface area contributed by atoms with E-state index in [0.717, 1.165) is 16.2 Å². The third-order valence-corrected chi connectivity index (χ3v) is 4.99. The molecule has 0 aliphatic rings. The number of anilines is 1. The van der Waals surface area contributed by atoms with Crippen molar-refractivity contribution in [3.8, 4) is 11.5 Å². The van der Waals surface area contributed by atoms with E-state index < -0.39 is 0 Å². The van der Waals surface area contributed by atoms with Crippen LogP contribution < -0.4 is 14.8 Å². The van der Waals surface area contributed by atoms with Gasteiger partial charge in [-0.3, -0.25) is 9.48 Å². The molecule has 9 heteroatoms. The minimum atomic E-state index is -0.314. The summed E-state index contributed by atoms with van der Waals surface area (Å²) in [6.07, 6.45) is 3.31. The third-order valence-electron chi connectivity index (χ3n) is 4.01. The van der Waals surface area contributed by atoms with Crippen molar-refractivity contribution in [1.82, 2.24) is 9.78 Å². The van der Waals surface area contributed by atoms with Gasteiger partial charge < -0.3 is 19.6 Å². The predicted octanol–water partition coefficient (Wildman–Crippen LogP) is 3.39. The number of nitrogens with zero attached hydrogens (tertiary/aromatic N) is 3. The summed E-state index contributed by atoms with van der Waals surface area (Å²) in [5.41, 5.74) is 2.21. The Morgan fingerprint density at radius 2 is 2.10 bits per heavy atom. The number of hydrogen-bond acceptors (Lipinski definition) is 7. The van der Waals surface area contributed by atoms with Gasteiger partial charge >= 0.3 is 0 Å². The predicted molar refractivity (Wildman–Crippen MR) is 112 cm³/mol. The SMILES string of the molecule is COc1cccc(Cn2cc(NC(=O)CON=C(C)c3cccs3)cn2)c1OC. The Bertz CT molecular complexity index is 982. The normalized spacial score (nSPS) is 11.2. The molecule has 0 spiro atoms. The van der Waals surface area contributed by atoms with Gasteiger partial charge in [-0.05, 0) is 24.4 Å². The van der Waals surface area contributed by atoms with Crippen LogP contribution in [0.3, 0.4) is 0 Å². The molecule has 0 bridgehead atoms. The Labute approximate surface area is 172 Å². The number of rotatable bonds is 9. The van der Waals surface area contributed by atoms with E-state index in [9.17, 15) is 4.79 Å². The molecule has 0 radical (unpaired) electrons. The summed E-state index contributed by atoms with van der Waals surface area (Å²) in [4.78, 5) is 18.2. The van der Waals surface area contributed by atoms with Crippen molar-refractivity contribution in [1.29, 1.82) is 0 Å². The maximum atomic E-state index is 12.1. The third kappa shape index (κ3) is 5.35. The monoisotopic (exact) mass is 414 g/mol. The highest BCUT2D eigenvalue weighted by atomic mass is 32.1. The summed E-state index contributed by atoms with van der Waals surface area (Å²) in [6, 6.07) is 9.53. The van der Waals surface area contributed by atoms with E-state index in [2.05, 4.69) is 15.6 Å². The van der Waals surface area contributed by atoms with Gasteiger partial charge in [0.1, 0.15) is 0 Å². The molecule has 2 heterocycles. The Hall–Kier alpha value is -3.33. The van der Waals surface area contributed by atoms with Gasteiger partial charge in [0.05, 0.1) is 43.2 Å². The second kappa shape index (κ2) is 9.74. The lowest BCUT2D eigenvalue weighted by Gasteiger charge is -2.12. The van der Waals surface area contributed by atoms with Crippen molar-refractivity contribution in [2.75, 3.05) is 26.1 Å². The molecular formula is C20H22N4O4S. The van der Waals surface area contributed by atoms with Gasteiger partial charge in [-0.25, -0.2) is 0 Å². The first-order valence-corrected chi connectivity index (χ1v) is 9.71. The zero-order valence-electron chi connectivity index (χ0n) is 16.4. The minimum Gasteiger partial charge on any atom is -0.493 e. The molecule has 1 aromatic carbocycles. The van der Waals surface area contributed by atoms with Gasteiger partial charge in [-0.1, -0.05) is 23.4 Å². The van der Waals surface area contributed by atoms with Gasteiger partial charge in [0.25, 0.3) is 5.91 Å². The summed E-state index contributed by atoms with van der Waals surface area (Å²) in [5, 5.41) is 12.9. The molecule has 29 heavy (non-hydrogen) atoms. The van der Waals surface area contributed by atoms with Crippen LogP contribution >= 0.6 is 11.3 Å². The number of carbonyl (C=O) groups excluding carboxylic acids is 1. The lowest BCUT2D eigenvalue weighted by atomic mass is 10.2. The second-order valence-electron chi connectivity index (χ2n) is 6.05. The quantitative estimate of drug-likeness (QED) is 0.428. The van der Waals surface area contributed by atoms with Crippen LogP contribution in [0.4, 0.5) is 5.69 Å². The number of hydrogen-bond donors (Lipinski definition) is 1. The maximum Gasteiger partial charge on any atom is 0.265 e. The summed E-state index contributed by atoms with van der Waals surface area (Å²) >= 11 is 1.56. The van der Waals surface area contributed by atoms with Crippen molar-refractivity contribution < 1.29 is 19.1 Å². The highest BCUT2D eigenvalue weighted by Crippen LogP contribution is 2.31. The van der Waals surface area contributed by atoms with Gasteiger partial charge in [-0.15, -0.1) is 11.3 Å². The number of aromatic nitrogens is 2. The van der Waals surface area contributed by atoms with Crippen molar-refractivity contribution in [2.45, 2.75) is 13.5 Å². The lowest BCUT2D eigenvalue weighted by molar-refractivity contribution is -0.120. The lowest BCUT2D eigenvalue weighted by Crippen LogP contribution is -2.17. The molecule has 0 fully saturated rings. The Kier molecular flexibility index (Phi) is 6.85. The van der Waals surface area contributed by atoms with Crippen LogP contribution in [0.5, 0.6) is 11.5 Å². The minimum absolute atomic E-state index is 0.183. The Morgan fingerprint density at radius 3 is 2.83 bits per heavy atom. The van der Waals surface area contributed by atoms with Crippen LogP contribution in [0.15, 0.2) is 53.3 Å². The van der Waals surface area contributed by atoms with Crippen LogP contribution in [0.1, 0.15) is 17.4 Å². The van der Waals surface area contributed by atoms with E-state index in [4.69, 9.17) is 14.3 Å². The number of benzene rings is 1. The molecule has 1 N–H and O–H groups in total. The fourth-order valence-electron chi connectivity index (χ4n) is 2.68. The highest BCUT2D eigenvalue weighted by molar-refractivity contribution is 7.12. The zero-order valence-corrected chi connectivity index (χ0v) is 17.2. The zero-order chi connectivity index (χ0) is 20.6. The first-order chi connectivity index (χ1) is 14.1. The highest BCUT2D eigenvalue weighted by Gasteiger charge is 2.11. The van der Waals surface area contributed by atoms with Crippen LogP contribution in [0.25, 0.3) is 0 Å². The molecule has 0 saturated heterocycles. The second-order valence-corrected chi connectivity index (χ2v) is 7.00. The first kappa shape index (κ1) is 20.4. The molecule has 0 atom stereocenters. The summed E-state index contributed by atoms with van der Waals surface area (Å²) in [6.45, 7) is 2.12. The van der Waals surface area contributed by atoms with Gasteiger partial charge in [0.2, 0.25) is 0 Å². The van der Waals surface area contributed by atoms with Crippen LogP contribution in [0.2, 0.25) is 0 Å². The molecule has 0 unspecified atom stereocenters. The molecule has 0 aliphatic heterocycles. The number of methoxy groups -OCH3 is 2. The number of amides is 1. The fraction of sp³-hybridized carbons (Fsp3) is 0.250. The van der Waals surface area contributed by atoms with Crippen molar-refractivity contribution in [2.24, 2.45) is 5.16 Å². The van der Waals surface area contributed by atoms with E-state index in [-0.39, 0.29) is 12.5 Å². The molecule has 3 rings (SSSR count). The van der Waals surface area contributed by atoms with Crippen molar-refractivity contribution in [3.63, 3.8) is 0 Å². The van der Waals surface area contributed by atoms with Crippen molar-refractivity contribution in [3.05, 3.63) is 58.5 Å². The van der Waals surface area contributed by atoms with Crippen LogP contribution in [0, 0.1) is 0 Å². The Balaban J connectivity index is 1.55. The first-order valence-electron chi connectivity index (χ1n) is 8.83.